The highest BCUT2D eigenvalue weighted by Crippen LogP contribution is 2.17. The molecule has 0 aliphatic carbocycles. The standard InChI is InChI=1S/C16H20F3N3O4/c1-3-22(9-13(23)21-15(25)20-10-16(17,18)19)12-7-5-6-11(8-12)14(24)26-4-2/h5-8H,3-4,9-10H2,1-2H3,(H2,20,21,23,25). The van der Waals surface area contributed by atoms with Crippen LogP contribution in [0.25, 0.3) is 0 Å². The Balaban J connectivity index is 2.69. The summed E-state index contributed by atoms with van der Waals surface area (Å²) < 4.78 is 41.0. The summed E-state index contributed by atoms with van der Waals surface area (Å²) >= 11 is 0. The Kier molecular flexibility index (Phi) is 7.88. The largest absolute Gasteiger partial charge is 0.462 e. The van der Waals surface area contributed by atoms with Crippen LogP contribution in [0.5, 0.6) is 0 Å². The number of hydrogen-bond donors (Lipinski definition) is 2. The van der Waals surface area contributed by atoms with Crippen LogP contribution in [0.4, 0.5) is 23.7 Å². The summed E-state index contributed by atoms with van der Waals surface area (Å²) in [6.07, 6.45) is -4.57. The van der Waals surface area contributed by atoms with E-state index in [-0.39, 0.29) is 13.2 Å². The molecule has 0 saturated heterocycles. The molecule has 10 heteroatoms. The van der Waals surface area contributed by atoms with E-state index in [1.54, 1.807) is 42.3 Å². The van der Waals surface area contributed by atoms with Gasteiger partial charge in [-0.2, -0.15) is 13.2 Å². The molecule has 0 fully saturated rings. The first-order chi connectivity index (χ1) is 12.2. The first-order valence-electron chi connectivity index (χ1n) is 7.82. The lowest BCUT2D eigenvalue weighted by Gasteiger charge is -2.22. The number of rotatable bonds is 7. The number of urea groups is 1. The number of nitrogens with one attached hydrogen (secondary N) is 2. The number of nitrogens with zero attached hydrogens (tertiary/aromatic N) is 1. The Morgan fingerprint density at radius 3 is 2.46 bits per heavy atom. The van der Waals surface area contributed by atoms with Crippen LogP contribution < -0.4 is 15.5 Å². The van der Waals surface area contributed by atoms with Gasteiger partial charge in [0, 0.05) is 12.2 Å². The van der Waals surface area contributed by atoms with Crippen molar-refractivity contribution in [2.75, 3.05) is 31.1 Å². The zero-order valence-corrected chi connectivity index (χ0v) is 14.4. The van der Waals surface area contributed by atoms with Crippen molar-refractivity contribution < 1.29 is 32.3 Å². The second-order valence-corrected chi connectivity index (χ2v) is 5.13. The molecule has 0 radical (unpaired) electrons. The molecule has 0 unspecified atom stereocenters. The molecule has 144 valence electrons. The molecule has 0 atom stereocenters. The molecule has 1 rings (SSSR count). The van der Waals surface area contributed by atoms with E-state index in [0.717, 1.165) is 0 Å². The highest BCUT2D eigenvalue weighted by atomic mass is 19.4. The van der Waals surface area contributed by atoms with Crippen LogP contribution in [-0.4, -0.2) is 50.3 Å². The molecule has 0 aliphatic heterocycles. The number of anilines is 1. The molecular weight excluding hydrogens is 355 g/mol. The van der Waals surface area contributed by atoms with Crippen molar-refractivity contribution in [2.45, 2.75) is 20.0 Å². The number of alkyl halides is 3. The number of carbonyl (C=O) groups excluding carboxylic acids is 3. The van der Waals surface area contributed by atoms with E-state index < -0.39 is 30.6 Å². The lowest BCUT2D eigenvalue weighted by atomic mass is 10.2. The SMILES string of the molecule is CCOC(=O)c1cccc(N(CC)CC(=O)NC(=O)NCC(F)(F)F)c1. The first kappa shape index (κ1) is 21.3. The Morgan fingerprint density at radius 2 is 1.88 bits per heavy atom. The Morgan fingerprint density at radius 1 is 1.19 bits per heavy atom. The van der Waals surface area contributed by atoms with E-state index in [0.29, 0.717) is 17.8 Å². The van der Waals surface area contributed by atoms with Crippen molar-refractivity contribution in [2.24, 2.45) is 0 Å². The van der Waals surface area contributed by atoms with Crippen molar-refractivity contribution >= 4 is 23.6 Å². The van der Waals surface area contributed by atoms with Crippen LogP contribution in [0, 0.1) is 0 Å². The second-order valence-electron chi connectivity index (χ2n) is 5.13. The first-order valence-corrected chi connectivity index (χ1v) is 7.82. The third-order valence-electron chi connectivity index (χ3n) is 3.14. The minimum Gasteiger partial charge on any atom is -0.462 e. The third-order valence-corrected chi connectivity index (χ3v) is 3.14. The van der Waals surface area contributed by atoms with Gasteiger partial charge in [-0.05, 0) is 32.0 Å². The minimum absolute atomic E-state index is 0.218. The van der Waals surface area contributed by atoms with Gasteiger partial charge in [-0.3, -0.25) is 10.1 Å². The molecule has 26 heavy (non-hydrogen) atoms. The number of likely N-dealkylation sites (N-methyl/N-ethyl adjacent to an activating group) is 1. The van der Waals surface area contributed by atoms with E-state index in [9.17, 15) is 27.6 Å². The molecule has 0 heterocycles. The van der Waals surface area contributed by atoms with Crippen LogP contribution in [0.1, 0.15) is 24.2 Å². The van der Waals surface area contributed by atoms with Crippen molar-refractivity contribution in [1.29, 1.82) is 0 Å². The average molecular weight is 375 g/mol. The number of halogens is 3. The topological polar surface area (TPSA) is 87.7 Å². The van der Waals surface area contributed by atoms with E-state index in [2.05, 4.69) is 0 Å². The van der Waals surface area contributed by atoms with Gasteiger partial charge in [0.05, 0.1) is 18.7 Å². The summed E-state index contributed by atoms with van der Waals surface area (Å²) in [6.45, 7) is 2.19. The Hall–Kier alpha value is -2.78. The maximum Gasteiger partial charge on any atom is 0.405 e. The van der Waals surface area contributed by atoms with Gasteiger partial charge in [-0.1, -0.05) is 6.07 Å². The zero-order valence-electron chi connectivity index (χ0n) is 14.4. The molecule has 0 bridgehead atoms. The highest BCUT2D eigenvalue weighted by Gasteiger charge is 2.28. The summed E-state index contributed by atoms with van der Waals surface area (Å²) in [5.74, 6) is -1.30. The van der Waals surface area contributed by atoms with Crippen molar-refractivity contribution in [3.05, 3.63) is 29.8 Å². The molecule has 0 aliphatic rings. The van der Waals surface area contributed by atoms with E-state index in [4.69, 9.17) is 4.74 Å². The van der Waals surface area contributed by atoms with E-state index in [1.807, 2.05) is 5.32 Å². The molecule has 0 saturated carbocycles. The van der Waals surface area contributed by atoms with Crippen LogP contribution in [0.2, 0.25) is 0 Å². The number of carbonyl (C=O) groups is 3. The fourth-order valence-corrected chi connectivity index (χ4v) is 1.99. The molecule has 7 nitrogen and oxygen atoms in total. The van der Waals surface area contributed by atoms with Crippen molar-refractivity contribution in [1.82, 2.24) is 10.6 Å². The third kappa shape index (κ3) is 7.41. The number of imide groups is 1. The lowest BCUT2D eigenvalue weighted by Crippen LogP contribution is -2.46. The summed E-state index contributed by atoms with van der Waals surface area (Å²) in [4.78, 5) is 36.5. The molecule has 0 spiro atoms. The summed E-state index contributed by atoms with van der Waals surface area (Å²) in [5, 5.41) is 3.37. The number of amides is 3. The quantitative estimate of drug-likeness (QED) is 0.713. The van der Waals surface area contributed by atoms with Gasteiger partial charge in [0.1, 0.15) is 6.54 Å². The minimum atomic E-state index is -4.57. The van der Waals surface area contributed by atoms with Gasteiger partial charge in [-0.25, -0.2) is 9.59 Å². The van der Waals surface area contributed by atoms with E-state index >= 15 is 0 Å². The molecule has 1 aromatic carbocycles. The number of benzene rings is 1. The summed E-state index contributed by atoms with van der Waals surface area (Å²) in [5.41, 5.74) is 0.829. The lowest BCUT2D eigenvalue weighted by molar-refractivity contribution is -0.124. The zero-order chi connectivity index (χ0) is 19.7. The average Bonchev–Trinajstić information content (AvgIpc) is 2.57. The fraction of sp³-hybridized carbons (Fsp3) is 0.438. The predicted molar refractivity (Wildman–Crippen MR) is 87.9 cm³/mol. The highest BCUT2D eigenvalue weighted by molar-refractivity contribution is 5.96. The number of ether oxygens (including phenoxy) is 1. The molecule has 3 amide bonds. The predicted octanol–water partition coefficient (Wildman–Crippen LogP) is 2.08. The molecule has 1 aromatic rings. The van der Waals surface area contributed by atoms with Crippen LogP contribution in [0.3, 0.4) is 0 Å². The van der Waals surface area contributed by atoms with Gasteiger partial charge < -0.3 is 15.0 Å². The molecule has 0 aromatic heterocycles. The van der Waals surface area contributed by atoms with Crippen LogP contribution in [0.15, 0.2) is 24.3 Å². The monoisotopic (exact) mass is 375 g/mol. The van der Waals surface area contributed by atoms with E-state index in [1.165, 1.54) is 6.07 Å². The number of hydrogen-bond acceptors (Lipinski definition) is 5. The van der Waals surface area contributed by atoms with Gasteiger partial charge in [0.25, 0.3) is 0 Å². The second kappa shape index (κ2) is 9.64. The van der Waals surface area contributed by atoms with Gasteiger partial charge in [0.2, 0.25) is 5.91 Å². The van der Waals surface area contributed by atoms with Crippen molar-refractivity contribution in [3.8, 4) is 0 Å². The van der Waals surface area contributed by atoms with Crippen molar-refractivity contribution in [3.63, 3.8) is 0 Å². The maximum absolute atomic E-state index is 12.0. The Labute approximate surface area is 148 Å². The maximum atomic E-state index is 12.0. The summed E-state index contributed by atoms with van der Waals surface area (Å²) in [7, 11) is 0. The van der Waals surface area contributed by atoms with Gasteiger partial charge >= 0.3 is 18.2 Å². The Bertz CT molecular complexity index is 650. The van der Waals surface area contributed by atoms with Crippen LogP contribution in [-0.2, 0) is 9.53 Å². The molecule has 2 N–H and O–H groups in total. The number of esters is 1. The summed E-state index contributed by atoms with van der Waals surface area (Å²) in [6, 6.07) is 5.11. The van der Waals surface area contributed by atoms with Gasteiger partial charge in [-0.15, -0.1) is 0 Å². The molecular formula is C16H20F3N3O4. The van der Waals surface area contributed by atoms with Gasteiger partial charge in [0.15, 0.2) is 0 Å². The van der Waals surface area contributed by atoms with Crippen LogP contribution >= 0.6 is 0 Å². The fourth-order valence-electron chi connectivity index (χ4n) is 1.99. The smallest absolute Gasteiger partial charge is 0.405 e. The normalized spacial score (nSPS) is 10.8.